The molecule has 3 aromatic rings. The fraction of sp³-hybridized carbons (Fsp3) is 0.500. The highest BCUT2D eigenvalue weighted by Gasteiger charge is 2.29. The lowest BCUT2D eigenvalue weighted by Crippen LogP contribution is -2.46. The minimum atomic E-state index is -0.593. The van der Waals surface area contributed by atoms with Crippen molar-refractivity contribution in [1.82, 2.24) is 19.4 Å². The number of para-hydroxylation sites is 1. The van der Waals surface area contributed by atoms with Crippen molar-refractivity contribution in [3.63, 3.8) is 0 Å². The molecule has 0 spiro atoms. The van der Waals surface area contributed by atoms with Crippen molar-refractivity contribution < 1.29 is 13.9 Å². The highest BCUT2D eigenvalue weighted by Crippen LogP contribution is 2.30. The van der Waals surface area contributed by atoms with Gasteiger partial charge in [-0.15, -0.1) is 0 Å². The Labute approximate surface area is 224 Å². The summed E-state index contributed by atoms with van der Waals surface area (Å²) in [7, 11) is 1.62. The zero-order chi connectivity index (χ0) is 26.6. The van der Waals surface area contributed by atoms with Crippen LogP contribution in [0.4, 0.5) is 4.39 Å². The first-order valence-electron chi connectivity index (χ1n) is 13.3. The van der Waals surface area contributed by atoms with Gasteiger partial charge in [-0.2, -0.15) is 11.8 Å². The number of aromatic nitrogens is 3. The third-order valence-electron chi connectivity index (χ3n) is 7.72. The maximum Gasteiger partial charge on any atom is 0.333 e. The number of carbonyl (C=O) groups excluding carboxylic acids is 1. The van der Waals surface area contributed by atoms with Gasteiger partial charge in [-0.25, -0.2) is 14.2 Å². The fourth-order valence-corrected chi connectivity index (χ4v) is 6.82. The number of carbonyl (C=O) groups is 1. The average Bonchev–Trinajstić information content (AvgIpc) is 2.94. The summed E-state index contributed by atoms with van der Waals surface area (Å²) in [5.41, 5.74) is 0.416. The summed E-state index contributed by atoms with van der Waals surface area (Å²) in [4.78, 5) is 44.0. The van der Waals surface area contributed by atoms with E-state index in [0.29, 0.717) is 38.5 Å². The van der Waals surface area contributed by atoms with Crippen molar-refractivity contribution in [2.24, 2.45) is 0 Å². The van der Waals surface area contributed by atoms with Gasteiger partial charge in [0.15, 0.2) is 0 Å². The largest absolute Gasteiger partial charge is 0.496 e. The predicted octanol–water partition coefficient (Wildman–Crippen LogP) is 4.01. The van der Waals surface area contributed by atoms with Gasteiger partial charge in [0, 0.05) is 24.5 Å². The van der Waals surface area contributed by atoms with Crippen LogP contribution in [0.25, 0.3) is 11.0 Å². The Morgan fingerprint density at radius 1 is 1.08 bits per heavy atom. The summed E-state index contributed by atoms with van der Waals surface area (Å²) in [6.07, 6.45) is 6.13. The molecule has 1 aliphatic carbocycles. The van der Waals surface area contributed by atoms with Crippen LogP contribution < -0.4 is 21.3 Å². The molecule has 1 aliphatic heterocycles. The molecule has 1 saturated heterocycles. The first-order valence-corrected chi connectivity index (χ1v) is 14.4. The molecule has 10 heteroatoms. The van der Waals surface area contributed by atoms with Crippen molar-refractivity contribution in [2.45, 2.75) is 69.5 Å². The lowest BCUT2D eigenvalue weighted by atomic mass is 9.90. The van der Waals surface area contributed by atoms with E-state index in [1.54, 1.807) is 11.7 Å². The lowest BCUT2D eigenvalue weighted by molar-refractivity contribution is -0.122. The molecule has 5 rings (SSSR count). The Kier molecular flexibility index (Phi) is 8.16. The molecular formula is C28H33FN4O4S. The van der Waals surface area contributed by atoms with Crippen molar-refractivity contribution in [2.75, 3.05) is 18.6 Å². The summed E-state index contributed by atoms with van der Waals surface area (Å²) in [6.45, 7) is 0. The number of nitrogens with one attached hydrogen (secondary N) is 1. The molecule has 1 saturated carbocycles. The van der Waals surface area contributed by atoms with Crippen molar-refractivity contribution in [3.05, 3.63) is 68.7 Å². The molecule has 8 nitrogen and oxygen atoms in total. The molecule has 0 radical (unpaired) electrons. The number of halogens is 1. The van der Waals surface area contributed by atoms with Crippen LogP contribution in [0.5, 0.6) is 5.75 Å². The second kappa shape index (κ2) is 11.7. The fourth-order valence-electron chi connectivity index (χ4n) is 5.74. The number of benzene rings is 1. The van der Waals surface area contributed by atoms with E-state index in [2.05, 4.69) is 10.3 Å². The average molecular weight is 541 g/mol. The number of methoxy groups -OCH3 is 1. The van der Waals surface area contributed by atoms with Gasteiger partial charge < -0.3 is 10.1 Å². The van der Waals surface area contributed by atoms with Gasteiger partial charge >= 0.3 is 5.69 Å². The van der Waals surface area contributed by atoms with E-state index < -0.39 is 11.4 Å². The van der Waals surface area contributed by atoms with Gasteiger partial charge in [-0.1, -0.05) is 18.2 Å². The molecule has 2 fully saturated rings. The molecule has 1 aromatic carbocycles. The number of ether oxygens (including phenoxy) is 1. The molecule has 1 N–H and O–H groups in total. The molecule has 2 aliphatic rings. The van der Waals surface area contributed by atoms with Gasteiger partial charge in [0.2, 0.25) is 5.91 Å². The topological polar surface area (TPSA) is 95.2 Å². The molecule has 202 valence electrons. The first kappa shape index (κ1) is 26.5. The van der Waals surface area contributed by atoms with E-state index in [1.165, 1.54) is 10.6 Å². The molecule has 2 aromatic heterocycles. The van der Waals surface area contributed by atoms with E-state index in [1.807, 2.05) is 36.0 Å². The van der Waals surface area contributed by atoms with Crippen LogP contribution in [0.3, 0.4) is 0 Å². The lowest BCUT2D eigenvalue weighted by Gasteiger charge is -2.31. The number of rotatable bonds is 7. The van der Waals surface area contributed by atoms with Crippen molar-refractivity contribution in [3.8, 4) is 5.75 Å². The third kappa shape index (κ3) is 5.50. The Bertz CT molecular complexity index is 1420. The van der Waals surface area contributed by atoms with Gasteiger partial charge in [0.1, 0.15) is 17.2 Å². The second-order valence-electron chi connectivity index (χ2n) is 10.1. The van der Waals surface area contributed by atoms with Gasteiger partial charge in [0.25, 0.3) is 5.56 Å². The Morgan fingerprint density at radius 2 is 1.79 bits per heavy atom. The van der Waals surface area contributed by atoms with Gasteiger partial charge in [-0.05, 0) is 74.1 Å². The molecule has 0 bridgehead atoms. The summed E-state index contributed by atoms with van der Waals surface area (Å²) < 4.78 is 22.4. The normalized spacial score (nSPS) is 20.4. The van der Waals surface area contributed by atoms with Crippen LogP contribution >= 0.6 is 11.8 Å². The number of fused-ring (bicyclic) bond motifs is 1. The maximum absolute atomic E-state index is 14.1. The molecule has 0 unspecified atom stereocenters. The Hall–Kier alpha value is -3.14. The number of hydrogen-bond acceptors (Lipinski definition) is 6. The van der Waals surface area contributed by atoms with Crippen LogP contribution in [0.1, 0.15) is 62.6 Å². The maximum atomic E-state index is 14.1. The van der Waals surface area contributed by atoms with Crippen LogP contribution in [0.2, 0.25) is 0 Å². The van der Waals surface area contributed by atoms with Crippen LogP contribution in [-0.4, -0.2) is 44.7 Å². The molecule has 38 heavy (non-hydrogen) atoms. The van der Waals surface area contributed by atoms with Gasteiger partial charge in [0.05, 0.1) is 18.7 Å². The zero-order valence-corrected chi connectivity index (χ0v) is 22.3. The second-order valence-corrected chi connectivity index (χ2v) is 11.3. The van der Waals surface area contributed by atoms with Crippen molar-refractivity contribution in [1.29, 1.82) is 0 Å². The van der Waals surface area contributed by atoms with Crippen LogP contribution in [-0.2, 0) is 11.2 Å². The van der Waals surface area contributed by atoms with Crippen LogP contribution in [0.15, 0.2) is 46.1 Å². The quantitative estimate of drug-likeness (QED) is 0.487. The number of pyridine rings is 1. The monoisotopic (exact) mass is 540 g/mol. The summed E-state index contributed by atoms with van der Waals surface area (Å²) in [6, 6.07) is 8.50. The smallest absolute Gasteiger partial charge is 0.333 e. The van der Waals surface area contributed by atoms with E-state index in [0.717, 1.165) is 41.9 Å². The predicted molar refractivity (Wildman–Crippen MR) is 147 cm³/mol. The highest BCUT2D eigenvalue weighted by molar-refractivity contribution is 7.99. The van der Waals surface area contributed by atoms with Crippen molar-refractivity contribution >= 4 is 28.7 Å². The standard InChI is InChI=1S/C28H33FN4O4S/c1-37-24-5-3-2-4-18(24)6-11-25(34)31-20-7-9-21(10-8-20)33-27(35)23-16-19(29)17-30-26(23)32(28(33)36)22-12-14-38-15-13-22/h2-5,16-17,20-22H,6-15H2,1H3,(H,31,34)/t20-,21+. The number of thioether (sulfide) groups is 1. The number of hydrogen-bond donors (Lipinski definition) is 1. The highest BCUT2D eigenvalue weighted by atomic mass is 32.2. The summed E-state index contributed by atoms with van der Waals surface area (Å²) >= 11 is 1.85. The third-order valence-corrected chi connectivity index (χ3v) is 8.77. The Balaban J connectivity index is 1.30. The molecule has 1 amide bonds. The molecule has 0 atom stereocenters. The first-order chi connectivity index (χ1) is 18.5. The Morgan fingerprint density at radius 3 is 2.53 bits per heavy atom. The van der Waals surface area contributed by atoms with Gasteiger partial charge in [-0.3, -0.25) is 18.7 Å². The molecular weight excluding hydrogens is 507 g/mol. The number of aryl methyl sites for hydroxylation is 1. The van der Waals surface area contributed by atoms with E-state index in [9.17, 15) is 18.8 Å². The zero-order valence-electron chi connectivity index (χ0n) is 21.5. The SMILES string of the molecule is COc1ccccc1CCC(=O)N[C@H]1CC[C@@H](n2c(=O)c3cc(F)cnc3n(C3CCSCC3)c2=O)CC1. The van der Waals surface area contributed by atoms with E-state index >= 15 is 0 Å². The number of nitrogens with zero attached hydrogens (tertiary/aromatic N) is 3. The van der Waals surface area contributed by atoms with Crippen LogP contribution in [0, 0.1) is 5.82 Å². The minimum absolute atomic E-state index is 0.00992. The summed E-state index contributed by atoms with van der Waals surface area (Å²) in [5, 5.41) is 3.26. The van der Waals surface area contributed by atoms with E-state index in [4.69, 9.17) is 4.74 Å². The minimum Gasteiger partial charge on any atom is -0.496 e. The van der Waals surface area contributed by atoms with E-state index in [-0.39, 0.29) is 40.8 Å². The molecule has 3 heterocycles. The number of amides is 1. The summed E-state index contributed by atoms with van der Waals surface area (Å²) in [5.74, 6) is 2.02.